The molecule has 0 radical (unpaired) electrons. The van der Waals surface area contributed by atoms with Crippen LogP contribution in [0.2, 0.25) is 0 Å². The second kappa shape index (κ2) is 12.7. The first kappa shape index (κ1) is 31.9. The van der Waals surface area contributed by atoms with Gasteiger partial charge < -0.3 is 25.2 Å². The Hall–Kier alpha value is -5.06. The number of aromatic nitrogens is 3. The summed E-state index contributed by atoms with van der Waals surface area (Å²) >= 11 is 0. The van der Waals surface area contributed by atoms with E-state index in [2.05, 4.69) is 20.4 Å². The third-order valence-corrected chi connectivity index (χ3v) is 6.13. The van der Waals surface area contributed by atoms with Crippen molar-refractivity contribution in [3.8, 4) is 28.6 Å². The average molecular weight is 629 g/mol. The highest BCUT2D eigenvalue weighted by molar-refractivity contribution is 6.06. The lowest BCUT2D eigenvalue weighted by Gasteiger charge is -2.17. The Morgan fingerprint density at radius 3 is 2.23 bits per heavy atom. The SMILES string of the molecule is COc1cc(F)c(-c2c(NC(=O)c3ccc(OC(F)F)cc3)c(=O)n(-c3nc(NCCO)ccc3C(F)(F)F)n2C)c(F)c1. The number of rotatable bonds is 10. The molecule has 234 valence electrons. The van der Waals surface area contributed by atoms with Gasteiger partial charge in [0.2, 0.25) is 0 Å². The van der Waals surface area contributed by atoms with Gasteiger partial charge in [0, 0.05) is 31.3 Å². The molecule has 0 spiro atoms. The molecular formula is C27H22F7N5O5. The summed E-state index contributed by atoms with van der Waals surface area (Å²) < 4.78 is 108. The molecule has 2 heterocycles. The third-order valence-electron chi connectivity index (χ3n) is 6.13. The minimum atomic E-state index is -5.07. The van der Waals surface area contributed by atoms with E-state index in [1.54, 1.807) is 0 Å². The first-order valence-electron chi connectivity index (χ1n) is 12.4. The van der Waals surface area contributed by atoms with Crippen molar-refractivity contribution in [1.29, 1.82) is 0 Å². The molecule has 44 heavy (non-hydrogen) atoms. The maximum atomic E-state index is 15.3. The number of benzene rings is 2. The second-order valence-corrected chi connectivity index (χ2v) is 8.90. The Morgan fingerprint density at radius 2 is 1.68 bits per heavy atom. The fraction of sp³-hybridized carbons (Fsp3) is 0.222. The number of methoxy groups -OCH3 is 1. The summed E-state index contributed by atoms with van der Waals surface area (Å²) in [6.45, 7) is -3.68. The predicted molar refractivity (Wildman–Crippen MR) is 142 cm³/mol. The third kappa shape index (κ3) is 6.46. The molecule has 0 saturated carbocycles. The highest BCUT2D eigenvalue weighted by atomic mass is 19.4. The highest BCUT2D eigenvalue weighted by Gasteiger charge is 2.37. The number of anilines is 2. The molecule has 4 aromatic rings. The molecular weight excluding hydrogens is 607 g/mol. The Morgan fingerprint density at radius 1 is 1.05 bits per heavy atom. The van der Waals surface area contributed by atoms with E-state index in [9.17, 15) is 31.5 Å². The fourth-order valence-corrected chi connectivity index (χ4v) is 4.22. The molecule has 4 rings (SSSR count). The number of hydrogen-bond donors (Lipinski definition) is 3. The first-order valence-corrected chi connectivity index (χ1v) is 12.4. The molecule has 0 aliphatic heterocycles. The van der Waals surface area contributed by atoms with Gasteiger partial charge in [-0.15, -0.1) is 0 Å². The van der Waals surface area contributed by atoms with Crippen LogP contribution in [-0.2, 0) is 13.2 Å². The van der Waals surface area contributed by atoms with Crippen LogP contribution >= 0.6 is 0 Å². The smallest absolute Gasteiger partial charge is 0.420 e. The number of pyridine rings is 1. The maximum Gasteiger partial charge on any atom is 0.420 e. The number of nitrogens with one attached hydrogen (secondary N) is 2. The Balaban J connectivity index is 1.96. The number of hydrogen-bond acceptors (Lipinski definition) is 7. The summed E-state index contributed by atoms with van der Waals surface area (Å²) in [5.41, 5.74) is -5.42. The zero-order valence-electron chi connectivity index (χ0n) is 22.7. The molecule has 0 bridgehead atoms. The molecule has 0 unspecified atom stereocenters. The van der Waals surface area contributed by atoms with E-state index < -0.39 is 70.8 Å². The molecule has 0 fully saturated rings. The van der Waals surface area contributed by atoms with Crippen molar-refractivity contribution in [2.24, 2.45) is 7.05 Å². The van der Waals surface area contributed by atoms with Crippen LogP contribution in [0.1, 0.15) is 15.9 Å². The van der Waals surface area contributed by atoms with Crippen molar-refractivity contribution in [3.05, 3.63) is 81.6 Å². The molecule has 0 aliphatic rings. The summed E-state index contributed by atoms with van der Waals surface area (Å²) in [6.07, 6.45) is -5.07. The van der Waals surface area contributed by atoms with Crippen molar-refractivity contribution in [1.82, 2.24) is 14.3 Å². The monoisotopic (exact) mass is 629 g/mol. The maximum absolute atomic E-state index is 15.3. The molecule has 2 aromatic carbocycles. The number of ether oxygens (including phenoxy) is 2. The van der Waals surface area contributed by atoms with E-state index >= 15 is 8.78 Å². The minimum absolute atomic E-state index is 0.115. The van der Waals surface area contributed by atoms with Crippen LogP contribution in [-0.4, -0.2) is 52.2 Å². The zero-order valence-corrected chi connectivity index (χ0v) is 22.7. The number of aliphatic hydroxyl groups excluding tert-OH is 1. The van der Waals surface area contributed by atoms with Crippen molar-refractivity contribution < 1.29 is 50.1 Å². The van der Waals surface area contributed by atoms with Crippen molar-refractivity contribution in [2.75, 3.05) is 30.9 Å². The lowest BCUT2D eigenvalue weighted by Crippen LogP contribution is -2.26. The number of amides is 1. The van der Waals surface area contributed by atoms with Crippen molar-refractivity contribution >= 4 is 17.4 Å². The van der Waals surface area contributed by atoms with E-state index in [-0.39, 0.29) is 29.4 Å². The van der Waals surface area contributed by atoms with E-state index in [1.165, 1.54) is 0 Å². The molecule has 0 atom stereocenters. The van der Waals surface area contributed by atoms with Gasteiger partial charge in [0.15, 0.2) is 5.82 Å². The van der Waals surface area contributed by atoms with Crippen LogP contribution in [0.5, 0.6) is 11.5 Å². The van der Waals surface area contributed by atoms with Crippen LogP contribution in [0.3, 0.4) is 0 Å². The molecule has 17 heteroatoms. The molecule has 1 amide bonds. The first-order chi connectivity index (χ1) is 20.8. The normalized spacial score (nSPS) is 11.5. The van der Waals surface area contributed by atoms with Crippen molar-refractivity contribution in [3.63, 3.8) is 0 Å². The van der Waals surface area contributed by atoms with Crippen LogP contribution < -0.4 is 25.7 Å². The summed E-state index contributed by atoms with van der Waals surface area (Å²) in [5.74, 6) is -5.42. The van der Waals surface area contributed by atoms with Gasteiger partial charge in [-0.25, -0.2) is 13.8 Å². The highest BCUT2D eigenvalue weighted by Crippen LogP contribution is 2.37. The largest absolute Gasteiger partial charge is 0.497 e. The van der Waals surface area contributed by atoms with Gasteiger partial charge in [-0.3, -0.25) is 14.3 Å². The number of alkyl halides is 5. The van der Waals surface area contributed by atoms with E-state index in [0.29, 0.717) is 15.4 Å². The average Bonchev–Trinajstić information content (AvgIpc) is 3.19. The number of nitrogens with zero attached hydrogens (tertiary/aromatic N) is 3. The standard InChI is InChI=1S/C27H22F7N5O5/c1-38-22(20-17(28)11-15(43-2)12-18(20)29)21(37-24(41)13-3-5-14(6-4-13)44-26(30)31)25(42)39(38)23-16(27(32,33)34)7-8-19(36-23)35-9-10-40/h3-8,11-12,26,40H,9-10H2,1-2H3,(H,35,36)(H,37,41). The number of carbonyl (C=O) groups excluding carboxylic acids is 1. The lowest BCUT2D eigenvalue weighted by molar-refractivity contribution is -0.137. The topological polar surface area (TPSA) is 120 Å². The fourth-order valence-electron chi connectivity index (χ4n) is 4.22. The summed E-state index contributed by atoms with van der Waals surface area (Å²) in [6, 6.07) is 7.18. The minimum Gasteiger partial charge on any atom is -0.497 e. The Kier molecular flexibility index (Phi) is 9.17. The number of halogens is 7. The van der Waals surface area contributed by atoms with Gasteiger partial charge in [0.05, 0.1) is 19.3 Å². The summed E-state index contributed by atoms with van der Waals surface area (Å²) in [7, 11) is 2.15. The molecule has 0 saturated heterocycles. The van der Waals surface area contributed by atoms with Crippen LogP contribution in [0, 0.1) is 11.6 Å². The van der Waals surface area contributed by atoms with E-state index in [4.69, 9.17) is 9.84 Å². The van der Waals surface area contributed by atoms with Gasteiger partial charge in [-0.1, -0.05) is 0 Å². The van der Waals surface area contributed by atoms with Gasteiger partial charge in [0.25, 0.3) is 11.5 Å². The molecule has 0 aliphatic carbocycles. The molecule has 10 nitrogen and oxygen atoms in total. The Bertz CT molecular complexity index is 1710. The van der Waals surface area contributed by atoms with Crippen LogP contribution in [0.25, 0.3) is 17.1 Å². The molecule has 3 N–H and O–H groups in total. The Labute approximate surface area is 243 Å². The van der Waals surface area contributed by atoms with Crippen LogP contribution in [0.15, 0.2) is 53.3 Å². The van der Waals surface area contributed by atoms with Gasteiger partial charge >= 0.3 is 12.8 Å². The predicted octanol–water partition coefficient (Wildman–Crippen LogP) is 4.80. The number of aliphatic hydroxyl groups is 1. The van der Waals surface area contributed by atoms with E-state index in [0.717, 1.165) is 56.6 Å². The van der Waals surface area contributed by atoms with Crippen molar-refractivity contribution in [2.45, 2.75) is 12.8 Å². The van der Waals surface area contributed by atoms with Gasteiger partial charge in [-0.2, -0.15) is 26.6 Å². The van der Waals surface area contributed by atoms with Gasteiger partial charge in [0.1, 0.15) is 45.9 Å². The zero-order chi connectivity index (χ0) is 32.3. The second-order valence-electron chi connectivity index (χ2n) is 8.90. The summed E-state index contributed by atoms with van der Waals surface area (Å²) in [5, 5.41) is 13.8. The van der Waals surface area contributed by atoms with Gasteiger partial charge in [-0.05, 0) is 36.4 Å². The van der Waals surface area contributed by atoms with E-state index in [1.807, 2.05) is 0 Å². The number of carbonyl (C=O) groups is 1. The van der Waals surface area contributed by atoms with Crippen LogP contribution in [0.4, 0.5) is 42.2 Å². The lowest BCUT2D eigenvalue weighted by atomic mass is 10.1. The summed E-state index contributed by atoms with van der Waals surface area (Å²) in [4.78, 5) is 30.7. The molecule has 2 aromatic heterocycles. The quantitative estimate of drug-likeness (QED) is 0.216.